The average molecular weight is 391 g/mol. The molecule has 0 aromatic heterocycles. The van der Waals surface area contributed by atoms with Crippen LogP contribution in [0.2, 0.25) is 0 Å². The van der Waals surface area contributed by atoms with Gasteiger partial charge in [0.2, 0.25) is 0 Å². The molecule has 0 saturated heterocycles. The zero-order valence-electron chi connectivity index (χ0n) is 14.6. The highest BCUT2D eigenvalue weighted by molar-refractivity contribution is 9.11. The van der Waals surface area contributed by atoms with Gasteiger partial charge in [-0.1, -0.05) is 53.5 Å². The van der Waals surface area contributed by atoms with Gasteiger partial charge in [-0.3, -0.25) is 0 Å². The zero-order valence-corrected chi connectivity index (χ0v) is 16.2. The molecule has 24 heavy (non-hydrogen) atoms. The minimum atomic E-state index is -0.202. The Kier molecular flexibility index (Phi) is 5.49. The minimum absolute atomic E-state index is 0.202. The van der Waals surface area contributed by atoms with Gasteiger partial charge in [0.25, 0.3) is 0 Å². The normalized spacial score (nSPS) is 32.4. The molecule has 0 amide bonds. The first-order valence-corrected chi connectivity index (χ1v) is 9.99. The lowest BCUT2D eigenvalue weighted by molar-refractivity contribution is 0.0258. The molecule has 4 atom stereocenters. The second-order valence-electron chi connectivity index (χ2n) is 7.72. The molecule has 1 aromatic rings. The Bertz CT molecular complexity index is 610. The van der Waals surface area contributed by atoms with Crippen molar-refractivity contribution in [2.75, 3.05) is 6.61 Å². The molecule has 0 bridgehead atoms. The van der Waals surface area contributed by atoms with Gasteiger partial charge in [-0.05, 0) is 72.4 Å². The number of benzene rings is 1. The maximum Gasteiger partial charge on any atom is 0.338 e. The van der Waals surface area contributed by atoms with E-state index in [9.17, 15) is 4.79 Å². The summed E-state index contributed by atoms with van der Waals surface area (Å²) < 4.78 is 5.62. The number of allylic oxidation sites excluding steroid dienone is 1. The first-order valence-electron chi connectivity index (χ1n) is 9.07. The molecular formula is C21H27BrO2. The SMILES string of the molecule is C[C@H](COC(=O)c1ccccc1)[C@H]1CC[C@H]2/C(=C/Br)CCCC12C. The summed E-state index contributed by atoms with van der Waals surface area (Å²) in [6.07, 6.45) is 6.32. The van der Waals surface area contributed by atoms with Crippen molar-refractivity contribution in [3.05, 3.63) is 46.5 Å². The van der Waals surface area contributed by atoms with Gasteiger partial charge < -0.3 is 4.74 Å². The number of carbonyl (C=O) groups is 1. The molecule has 0 heterocycles. The van der Waals surface area contributed by atoms with Crippen LogP contribution in [0.4, 0.5) is 0 Å². The Balaban J connectivity index is 1.63. The molecule has 1 unspecified atom stereocenters. The van der Waals surface area contributed by atoms with Crippen LogP contribution in [0.25, 0.3) is 0 Å². The van der Waals surface area contributed by atoms with E-state index in [-0.39, 0.29) is 5.97 Å². The fourth-order valence-electron chi connectivity index (χ4n) is 5.13. The number of fused-ring (bicyclic) bond motifs is 1. The molecule has 3 rings (SSSR count). The molecule has 1 aromatic carbocycles. The van der Waals surface area contributed by atoms with Crippen molar-refractivity contribution in [3.8, 4) is 0 Å². The van der Waals surface area contributed by atoms with Crippen LogP contribution in [-0.4, -0.2) is 12.6 Å². The maximum absolute atomic E-state index is 12.2. The predicted molar refractivity (Wildman–Crippen MR) is 101 cm³/mol. The molecule has 3 heteroatoms. The van der Waals surface area contributed by atoms with E-state index < -0.39 is 0 Å². The number of esters is 1. The molecule has 2 aliphatic rings. The minimum Gasteiger partial charge on any atom is -0.462 e. The van der Waals surface area contributed by atoms with Crippen molar-refractivity contribution in [3.63, 3.8) is 0 Å². The monoisotopic (exact) mass is 390 g/mol. The number of ether oxygens (including phenoxy) is 1. The van der Waals surface area contributed by atoms with E-state index in [1.54, 1.807) is 5.57 Å². The highest BCUT2D eigenvalue weighted by Crippen LogP contribution is 2.59. The number of carbonyl (C=O) groups excluding carboxylic acids is 1. The number of hydrogen-bond donors (Lipinski definition) is 0. The van der Waals surface area contributed by atoms with E-state index in [1.807, 2.05) is 30.3 Å². The van der Waals surface area contributed by atoms with Crippen molar-refractivity contribution in [2.24, 2.45) is 23.2 Å². The quantitative estimate of drug-likeness (QED) is 0.591. The summed E-state index contributed by atoms with van der Waals surface area (Å²) in [6.45, 7) is 5.23. The lowest BCUT2D eigenvalue weighted by Crippen LogP contribution is -2.37. The first kappa shape index (κ1) is 17.7. The van der Waals surface area contributed by atoms with E-state index in [1.165, 1.54) is 32.1 Å². The van der Waals surface area contributed by atoms with Crippen LogP contribution in [0, 0.1) is 23.2 Å². The van der Waals surface area contributed by atoms with Gasteiger partial charge in [0.15, 0.2) is 0 Å². The molecule has 2 nitrogen and oxygen atoms in total. The van der Waals surface area contributed by atoms with Crippen LogP contribution in [0.3, 0.4) is 0 Å². The van der Waals surface area contributed by atoms with Gasteiger partial charge in [0, 0.05) is 0 Å². The summed E-state index contributed by atoms with van der Waals surface area (Å²) in [5.74, 6) is 1.53. The number of halogens is 1. The van der Waals surface area contributed by atoms with Crippen LogP contribution < -0.4 is 0 Å². The smallest absolute Gasteiger partial charge is 0.338 e. The van der Waals surface area contributed by atoms with Crippen LogP contribution in [-0.2, 0) is 4.74 Å². The standard InChI is InChI=1S/C21H27BrO2/c1-15(14-24-20(23)16-7-4-3-5-8-16)18-10-11-19-17(13-22)9-6-12-21(18,19)2/h3-5,7-8,13,15,18-19H,6,9-12,14H2,1-2H3/b17-13+/t15-,18-,19+,21?/m1/s1. The first-order chi connectivity index (χ1) is 11.6. The second kappa shape index (κ2) is 7.43. The Morgan fingerprint density at radius 2 is 2.12 bits per heavy atom. The highest BCUT2D eigenvalue weighted by Gasteiger charge is 2.50. The summed E-state index contributed by atoms with van der Waals surface area (Å²) in [5, 5.41) is 0. The molecule has 0 radical (unpaired) electrons. The van der Waals surface area contributed by atoms with E-state index in [2.05, 4.69) is 34.8 Å². The van der Waals surface area contributed by atoms with Crippen molar-refractivity contribution in [2.45, 2.75) is 46.0 Å². The van der Waals surface area contributed by atoms with Crippen molar-refractivity contribution in [1.82, 2.24) is 0 Å². The Labute approximate surface area is 153 Å². The summed E-state index contributed by atoms with van der Waals surface area (Å²) in [6, 6.07) is 9.29. The fourth-order valence-corrected chi connectivity index (χ4v) is 5.67. The van der Waals surface area contributed by atoms with Crippen molar-refractivity contribution < 1.29 is 9.53 Å². The second-order valence-corrected chi connectivity index (χ2v) is 8.18. The Morgan fingerprint density at radius 3 is 2.83 bits per heavy atom. The van der Waals surface area contributed by atoms with Gasteiger partial charge in [-0.25, -0.2) is 4.79 Å². The topological polar surface area (TPSA) is 26.3 Å². The van der Waals surface area contributed by atoms with Gasteiger partial charge in [-0.2, -0.15) is 0 Å². The number of rotatable bonds is 4. The van der Waals surface area contributed by atoms with Crippen molar-refractivity contribution in [1.29, 1.82) is 0 Å². The molecule has 0 N–H and O–H groups in total. The lowest BCUT2D eigenvalue weighted by atomic mass is 9.61. The molecule has 2 saturated carbocycles. The summed E-state index contributed by atoms with van der Waals surface area (Å²) >= 11 is 3.57. The van der Waals surface area contributed by atoms with Crippen LogP contribution in [0.5, 0.6) is 0 Å². The Morgan fingerprint density at radius 1 is 1.38 bits per heavy atom. The third-order valence-electron chi connectivity index (χ3n) is 6.35. The maximum atomic E-state index is 12.2. The molecule has 2 aliphatic carbocycles. The fraction of sp³-hybridized carbons (Fsp3) is 0.571. The van der Waals surface area contributed by atoms with Gasteiger partial charge in [-0.15, -0.1) is 0 Å². The average Bonchev–Trinajstić information content (AvgIpc) is 2.97. The summed E-state index contributed by atoms with van der Waals surface area (Å²) in [4.78, 5) is 14.4. The zero-order chi connectivity index (χ0) is 17.2. The van der Waals surface area contributed by atoms with Crippen LogP contribution >= 0.6 is 15.9 Å². The molecule has 2 fully saturated rings. The van der Waals surface area contributed by atoms with E-state index >= 15 is 0 Å². The van der Waals surface area contributed by atoms with Crippen molar-refractivity contribution >= 4 is 21.9 Å². The third kappa shape index (κ3) is 3.33. The van der Waals surface area contributed by atoms with Gasteiger partial charge >= 0.3 is 5.97 Å². The van der Waals surface area contributed by atoms with Gasteiger partial charge in [0.1, 0.15) is 0 Å². The Hall–Kier alpha value is -1.09. The van der Waals surface area contributed by atoms with Crippen LogP contribution in [0.15, 0.2) is 40.9 Å². The molecule has 0 spiro atoms. The molecule has 0 aliphatic heterocycles. The van der Waals surface area contributed by atoms with E-state index in [0.29, 0.717) is 35.3 Å². The lowest BCUT2D eigenvalue weighted by Gasteiger charge is -2.44. The largest absolute Gasteiger partial charge is 0.462 e. The number of hydrogen-bond acceptors (Lipinski definition) is 2. The van der Waals surface area contributed by atoms with E-state index in [4.69, 9.17) is 4.74 Å². The third-order valence-corrected chi connectivity index (χ3v) is 6.94. The summed E-state index contributed by atoms with van der Waals surface area (Å²) in [7, 11) is 0. The molecule has 130 valence electrons. The van der Waals surface area contributed by atoms with Crippen LogP contribution in [0.1, 0.15) is 56.3 Å². The predicted octanol–water partition coefficient (Wildman–Crippen LogP) is 5.97. The molecular weight excluding hydrogens is 364 g/mol. The highest BCUT2D eigenvalue weighted by atomic mass is 79.9. The van der Waals surface area contributed by atoms with Gasteiger partial charge in [0.05, 0.1) is 12.2 Å². The summed E-state index contributed by atoms with van der Waals surface area (Å²) in [5.41, 5.74) is 2.58. The van der Waals surface area contributed by atoms with E-state index in [0.717, 1.165) is 0 Å².